The van der Waals surface area contributed by atoms with Crippen molar-refractivity contribution in [3.05, 3.63) is 51.6 Å². The highest BCUT2D eigenvalue weighted by atomic mass is 16.6. The van der Waals surface area contributed by atoms with Gasteiger partial charge in [-0.1, -0.05) is 0 Å². The SMILES string of the molecule is COC(=O)c1ccc(COc2ccc(C)nc2[N+](=O)[O-])o1. The topological polar surface area (TPSA) is 105 Å². The van der Waals surface area contributed by atoms with Gasteiger partial charge in [0.05, 0.1) is 7.11 Å². The first-order valence-corrected chi connectivity index (χ1v) is 5.93. The van der Waals surface area contributed by atoms with Crippen LogP contribution in [0.25, 0.3) is 0 Å². The molecule has 0 bridgehead atoms. The van der Waals surface area contributed by atoms with Gasteiger partial charge in [-0.2, -0.15) is 0 Å². The molecule has 2 aromatic heterocycles. The fourth-order valence-electron chi connectivity index (χ4n) is 1.59. The van der Waals surface area contributed by atoms with E-state index >= 15 is 0 Å². The van der Waals surface area contributed by atoms with Crippen LogP contribution >= 0.6 is 0 Å². The van der Waals surface area contributed by atoms with E-state index in [1.165, 1.54) is 25.3 Å². The molecule has 2 heterocycles. The van der Waals surface area contributed by atoms with E-state index in [0.717, 1.165) is 0 Å². The van der Waals surface area contributed by atoms with Crippen LogP contribution in [0.1, 0.15) is 22.0 Å². The molecule has 2 aromatic rings. The summed E-state index contributed by atoms with van der Waals surface area (Å²) < 4.78 is 15.0. The summed E-state index contributed by atoms with van der Waals surface area (Å²) in [5.74, 6) is -0.571. The van der Waals surface area contributed by atoms with Crippen molar-refractivity contribution in [2.45, 2.75) is 13.5 Å². The Balaban J connectivity index is 2.11. The Morgan fingerprint density at radius 2 is 2.14 bits per heavy atom. The number of carbonyl (C=O) groups excluding carboxylic acids is 1. The Kier molecular flexibility index (Phi) is 4.17. The minimum Gasteiger partial charge on any atom is -0.477 e. The van der Waals surface area contributed by atoms with Crippen LogP contribution in [-0.4, -0.2) is 23.0 Å². The number of pyridine rings is 1. The highest BCUT2D eigenvalue weighted by molar-refractivity contribution is 5.86. The second kappa shape index (κ2) is 6.04. The van der Waals surface area contributed by atoms with E-state index in [1.54, 1.807) is 13.0 Å². The Labute approximate surface area is 119 Å². The molecule has 0 fully saturated rings. The molecule has 8 nitrogen and oxygen atoms in total. The van der Waals surface area contributed by atoms with Gasteiger partial charge in [0.25, 0.3) is 0 Å². The highest BCUT2D eigenvalue weighted by Crippen LogP contribution is 2.25. The third-order valence-corrected chi connectivity index (χ3v) is 2.57. The zero-order valence-electron chi connectivity index (χ0n) is 11.4. The molecule has 0 aliphatic carbocycles. The third-order valence-electron chi connectivity index (χ3n) is 2.57. The molecule has 0 N–H and O–H groups in total. The van der Waals surface area contributed by atoms with Gasteiger partial charge in [-0.05, 0) is 34.2 Å². The molecule has 0 spiro atoms. The number of esters is 1. The summed E-state index contributed by atoms with van der Waals surface area (Å²) in [6.45, 7) is 1.58. The van der Waals surface area contributed by atoms with Crippen LogP contribution < -0.4 is 4.74 Å². The van der Waals surface area contributed by atoms with Gasteiger partial charge in [-0.3, -0.25) is 0 Å². The number of aromatic nitrogens is 1. The van der Waals surface area contributed by atoms with E-state index in [-0.39, 0.29) is 23.9 Å². The summed E-state index contributed by atoms with van der Waals surface area (Å²) in [5.41, 5.74) is 0.514. The molecule has 0 amide bonds. The van der Waals surface area contributed by atoms with E-state index < -0.39 is 10.9 Å². The van der Waals surface area contributed by atoms with Crippen molar-refractivity contribution >= 4 is 11.8 Å². The fraction of sp³-hybridized carbons (Fsp3) is 0.231. The van der Waals surface area contributed by atoms with Crippen LogP contribution in [0.5, 0.6) is 5.75 Å². The molecule has 0 atom stereocenters. The lowest BCUT2D eigenvalue weighted by atomic mass is 10.3. The number of hydrogen-bond donors (Lipinski definition) is 0. The lowest BCUT2D eigenvalue weighted by Crippen LogP contribution is -2.01. The molecule has 0 saturated heterocycles. The summed E-state index contributed by atoms with van der Waals surface area (Å²) in [7, 11) is 1.24. The molecule has 0 aliphatic rings. The van der Waals surface area contributed by atoms with Crippen molar-refractivity contribution in [3.8, 4) is 5.75 Å². The zero-order valence-corrected chi connectivity index (χ0v) is 11.4. The number of furan rings is 1. The standard InChI is InChI=1S/C13H12N2O6/c1-8-3-5-10(12(14-8)15(17)18)20-7-9-4-6-11(21-9)13(16)19-2/h3-6H,7H2,1-2H3. The monoisotopic (exact) mass is 292 g/mol. The number of ether oxygens (including phenoxy) is 2. The smallest absolute Gasteiger partial charge is 0.406 e. The van der Waals surface area contributed by atoms with Gasteiger partial charge in [0.1, 0.15) is 18.1 Å². The van der Waals surface area contributed by atoms with Gasteiger partial charge >= 0.3 is 11.8 Å². The van der Waals surface area contributed by atoms with Crippen molar-refractivity contribution < 1.29 is 23.6 Å². The highest BCUT2D eigenvalue weighted by Gasteiger charge is 2.18. The second-order valence-corrected chi connectivity index (χ2v) is 4.08. The maximum Gasteiger partial charge on any atom is 0.406 e. The van der Waals surface area contributed by atoms with Crippen LogP contribution in [0, 0.1) is 17.0 Å². The molecule has 0 aromatic carbocycles. The number of nitrogens with zero attached hydrogens (tertiary/aromatic N) is 2. The Bertz CT molecular complexity index is 679. The van der Waals surface area contributed by atoms with Crippen molar-refractivity contribution in [3.63, 3.8) is 0 Å². The summed E-state index contributed by atoms with van der Waals surface area (Å²) in [5, 5.41) is 10.9. The maximum atomic E-state index is 11.2. The van der Waals surface area contributed by atoms with Gasteiger partial charge in [-0.15, -0.1) is 0 Å². The quantitative estimate of drug-likeness (QED) is 0.472. The van der Waals surface area contributed by atoms with Crippen molar-refractivity contribution in [1.82, 2.24) is 4.98 Å². The number of aryl methyl sites for hydroxylation is 1. The van der Waals surface area contributed by atoms with Crippen LogP contribution in [0.2, 0.25) is 0 Å². The van der Waals surface area contributed by atoms with E-state index in [1.807, 2.05) is 0 Å². The van der Waals surface area contributed by atoms with E-state index in [4.69, 9.17) is 9.15 Å². The minimum absolute atomic E-state index is 0.0293. The first-order valence-electron chi connectivity index (χ1n) is 5.93. The number of hydrogen-bond acceptors (Lipinski definition) is 7. The number of rotatable bonds is 5. The van der Waals surface area contributed by atoms with Crippen molar-refractivity contribution in [2.24, 2.45) is 0 Å². The number of methoxy groups -OCH3 is 1. The zero-order chi connectivity index (χ0) is 15.4. The van der Waals surface area contributed by atoms with Gasteiger partial charge in [0.15, 0.2) is 0 Å². The summed E-state index contributed by atoms with van der Waals surface area (Å²) in [6.07, 6.45) is 0. The van der Waals surface area contributed by atoms with Crippen LogP contribution in [-0.2, 0) is 11.3 Å². The molecule has 8 heteroatoms. The Morgan fingerprint density at radius 1 is 1.38 bits per heavy atom. The first-order chi connectivity index (χ1) is 10.0. The molecule has 0 aliphatic heterocycles. The van der Waals surface area contributed by atoms with Crippen molar-refractivity contribution in [2.75, 3.05) is 7.11 Å². The van der Waals surface area contributed by atoms with Gasteiger partial charge in [-0.25, -0.2) is 4.79 Å². The minimum atomic E-state index is -0.621. The molecule has 110 valence electrons. The molecule has 0 saturated carbocycles. The molecule has 2 rings (SSSR count). The van der Waals surface area contributed by atoms with Crippen molar-refractivity contribution in [1.29, 1.82) is 0 Å². The summed E-state index contributed by atoms with van der Waals surface area (Å²) in [6, 6.07) is 6.03. The maximum absolute atomic E-state index is 11.2. The Morgan fingerprint density at radius 3 is 2.81 bits per heavy atom. The van der Waals surface area contributed by atoms with Gasteiger partial charge in [0, 0.05) is 6.92 Å². The van der Waals surface area contributed by atoms with E-state index in [0.29, 0.717) is 11.5 Å². The predicted molar refractivity (Wildman–Crippen MR) is 70.0 cm³/mol. The van der Waals surface area contributed by atoms with Crippen LogP contribution in [0.15, 0.2) is 28.7 Å². The number of carbonyl (C=O) groups is 1. The second-order valence-electron chi connectivity index (χ2n) is 4.08. The molecule has 21 heavy (non-hydrogen) atoms. The summed E-state index contributed by atoms with van der Waals surface area (Å²) in [4.78, 5) is 25.3. The van der Waals surface area contributed by atoms with E-state index in [9.17, 15) is 14.9 Å². The van der Waals surface area contributed by atoms with Gasteiger partial charge in [0.2, 0.25) is 11.5 Å². The molecule has 0 unspecified atom stereocenters. The molecular weight excluding hydrogens is 280 g/mol. The number of nitro groups is 1. The molecule has 0 radical (unpaired) electrons. The first kappa shape index (κ1) is 14.5. The lowest BCUT2D eigenvalue weighted by Gasteiger charge is -2.04. The largest absolute Gasteiger partial charge is 0.477 e. The normalized spacial score (nSPS) is 10.2. The third kappa shape index (κ3) is 3.35. The average Bonchev–Trinajstić information content (AvgIpc) is 2.93. The summed E-state index contributed by atoms with van der Waals surface area (Å²) >= 11 is 0. The van der Waals surface area contributed by atoms with Gasteiger partial charge < -0.3 is 24.0 Å². The average molecular weight is 292 g/mol. The lowest BCUT2D eigenvalue weighted by molar-refractivity contribution is -0.390. The predicted octanol–water partition coefficient (Wildman–Crippen LogP) is 2.26. The molecular formula is C13H12N2O6. The fourth-order valence-corrected chi connectivity index (χ4v) is 1.59. The van der Waals surface area contributed by atoms with E-state index in [2.05, 4.69) is 9.72 Å². The Hall–Kier alpha value is -2.90. The van der Waals surface area contributed by atoms with Crippen LogP contribution in [0.3, 0.4) is 0 Å². The van der Waals surface area contributed by atoms with Crippen LogP contribution in [0.4, 0.5) is 5.82 Å².